The second-order valence-electron chi connectivity index (χ2n) is 0.850. The van der Waals surface area contributed by atoms with Crippen molar-refractivity contribution in [1.82, 2.24) is 0 Å². The molecule has 3 heteroatoms. The van der Waals surface area contributed by atoms with E-state index in [-0.39, 0.29) is 0 Å². The van der Waals surface area contributed by atoms with E-state index in [4.69, 9.17) is 0 Å². The number of hydrogen-bond acceptors (Lipinski definition) is 3. The zero-order chi connectivity index (χ0) is 5.70. The van der Waals surface area contributed by atoms with Gasteiger partial charge in [-0.25, -0.2) is 0 Å². The van der Waals surface area contributed by atoms with Gasteiger partial charge in [-0.15, -0.1) is 0 Å². The first-order valence-corrected chi connectivity index (χ1v) is 1.69. The average Bonchev–Trinajstić information content (AvgIpc) is 1.61. The van der Waals surface area contributed by atoms with Crippen LogP contribution in [0, 0.1) is 0 Å². The lowest BCUT2D eigenvalue weighted by Gasteiger charge is -1.97. The van der Waals surface area contributed by atoms with Crippen LogP contribution in [0.1, 0.15) is 0 Å². The minimum Gasteiger partial charge on any atom is -0.546 e. The van der Waals surface area contributed by atoms with E-state index in [1.54, 1.807) is 0 Å². The van der Waals surface area contributed by atoms with Gasteiger partial charge in [0, 0.05) is 0 Å². The molecule has 0 heterocycles. The van der Waals surface area contributed by atoms with E-state index in [1.807, 2.05) is 0 Å². The van der Waals surface area contributed by atoms with Crippen LogP contribution in [-0.4, -0.2) is 12.6 Å². The summed E-state index contributed by atoms with van der Waals surface area (Å²) in [6, 6.07) is 0. The van der Waals surface area contributed by atoms with Crippen LogP contribution in [0.4, 0.5) is 0 Å². The largest absolute Gasteiger partial charge is 0.546 e. The molecule has 0 aromatic carbocycles. The molecule has 0 aliphatic carbocycles. The van der Waals surface area contributed by atoms with Crippen molar-refractivity contribution in [3.8, 4) is 0 Å². The Morgan fingerprint density at radius 3 is 2.71 bits per heavy atom. The van der Waals surface area contributed by atoms with E-state index in [9.17, 15) is 9.90 Å². The van der Waals surface area contributed by atoms with Crippen LogP contribution in [0.2, 0.25) is 0 Å². The van der Waals surface area contributed by atoms with Gasteiger partial charge in [-0.1, -0.05) is 6.58 Å². The van der Waals surface area contributed by atoms with Crippen LogP contribution in [0.25, 0.3) is 0 Å². The minimum atomic E-state index is -1.24. The highest BCUT2D eigenvalue weighted by molar-refractivity contribution is 5.65. The summed E-state index contributed by atoms with van der Waals surface area (Å²) in [5.74, 6) is -1.24. The highest BCUT2D eigenvalue weighted by Crippen LogP contribution is 1.67. The molecule has 0 amide bonds. The lowest BCUT2D eigenvalue weighted by atomic mass is 10.7. The van der Waals surface area contributed by atoms with Crippen molar-refractivity contribution in [2.75, 3.05) is 6.61 Å². The van der Waals surface area contributed by atoms with Gasteiger partial charge in [-0.05, 0) is 0 Å². The second kappa shape index (κ2) is 3.21. The third kappa shape index (κ3) is 5.01. The summed E-state index contributed by atoms with van der Waals surface area (Å²) in [4.78, 5) is 9.47. The SMILES string of the molecule is C=COCC(=O)[O-]. The summed E-state index contributed by atoms with van der Waals surface area (Å²) in [5.41, 5.74) is 0. The molecule has 0 bridgehead atoms. The molecule has 0 unspecified atom stereocenters. The first-order chi connectivity index (χ1) is 3.27. The van der Waals surface area contributed by atoms with Crippen LogP contribution in [-0.2, 0) is 9.53 Å². The van der Waals surface area contributed by atoms with Gasteiger partial charge in [0.1, 0.15) is 6.61 Å². The van der Waals surface area contributed by atoms with Crippen LogP contribution >= 0.6 is 0 Å². The standard InChI is InChI=1S/C4H6O3/c1-2-7-3-4(5)6/h2H,1,3H2,(H,5,6)/p-1. The van der Waals surface area contributed by atoms with Crippen LogP contribution < -0.4 is 5.11 Å². The van der Waals surface area contributed by atoms with Crippen molar-refractivity contribution in [3.63, 3.8) is 0 Å². The summed E-state index contributed by atoms with van der Waals surface area (Å²) in [5, 5.41) is 9.47. The fraction of sp³-hybridized carbons (Fsp3) is 0.250. The molecule has 40 valence electrons. The van der Waals surface area contributed by atoms with Gasteiger partial charge in [0.15, 0.2) is 0 Å². The van der Waals surface area contributed by atoms with Crippen LogP contribution in [0.5, 0.6) is 0 Å². The minimum absolute atomic E-state index is 0.413. The number of aliphatic carboxylic acids is 1. The molecule has 0 aromatic heterocycles. The zero-order valence-corrected chi connectivity index (χ0v) is 3.72. The van der Waals surface area contributed by atoms with Gasteiger partial charge in [0.2, 0.25) is 0 Å². The number of hydrogen-bond donors (Lipinski definition) is 0. The fourth-order valence-corrected chi connectivity index (χ4v) is 0.127. The Morgan fingerprint density at radius 1 is 2.00 bits per heavy atom. The summed E-state index contributed by atoms with van der Waals surface area (Å²) < 4.78 is 4.20. The van der Waals surface area contributed by atoms with Crippen molar-refractivity contribution in [2.24, 2.45) is 0 Å². The maximum atomic E-state index is 9.47. The summed E-state index contributed by atoms with van der Waals surface area (Å²) in [7, 11) is 0. The van der Waals surface area contributed by atoms with Gasteiger partial charge < -0.3 is 14.6 Å². The van der Waals surface area contributed by atoms with Crippen LogP contribution in [0.3, 0.4) is 0 Å². The number of ether oxygens (including phenoxy) is 1. The number of carbonyl (C=O) groups excluding carboxylic acids is 1. The molecule has 0 rings (SSSR count). The highest BCUT2D eigenvalue weighted by atomic mass is 16.5. The van der Waals surface area contributed by atoms with Crippen LogP contribution in [0.15, 0.2) is 12.8 Å². The molecule has 7 heavy (non-hydrogen) atoms. The molecule has 0 saturated carbocycles. The Bertz CT molecular complexity index is 77.0. The van der Waals surface area contributed by atoms with E-state index in [1.165, 1.54) is 0 Å². The van der Waals surface area contributed by atoms with Gasteiger partial charge in [-0.2, -0.15) is 0 Å². The Hall–Kier alpha value is -0.990. The molecule has 0 spiro atoms. The van der Waals surface area contributed by atoms with E-state index >= 15 is 0 Å². The maximum absolute atomic E-state index is 9.47. The Labute approximate surface area is 41.2 Å². The van der Waals surface area contributed by atoms with E-state index in [0.717, 1.165) is 6.26 Å². The lowest BCUT2D eigenvalue weighted by molar-refractivity contribution is -0.308. The quantitative estimate of drug-likeness (QED) is 0.424. The average molecular weight is 101 g/mol. The topological polar surface area (TPSA) is 49.4 Å². The Kier molecular flexibility index (Phi) is 2.76. The maximum Gasteiger partial charge on any atom is 0.127 e. The molecule has 0 aromatic rings. The predicted molar refractivity (Wildman–Crippen MR) is 21.2 cm³/mol. The summed E-state index contributed by atoms with van der Waals surface area (Å²) >= 11 is 0. The monoisotopic (exact) mass is 101 g/mol. The molecule has 0 atom stereocenters. The smallest absolute Gasteiger partial charge is 0.127 e. The molecule has 3 nitrogen and oxygen atoms in total. The molecule has 0 N–H and O–H groups in total. The summed E-state index contributed by atoms with van der Waals surface area (Å²) in [6.07, 6.45) is 1.05. The second-order valence-corrected chi connectivity index (χ2v) is 0.850. The van der Waals surface area contributed by atoms with E-state index < -0.39 is 12.6 Å². The number of carbonyl (C=O) groups is 1. The lowest BCUT2D eigenvalue weighted by Crippen LogP contribution is -2.26. The van der Waals surface area contributed by atoms with Gasteiger partial charge in [-0.3, -0.25) is 0 Å². The van der Waals surface area contributed by atoms with E-state index in [0.29, 0.717) is 0 Å². The van der Waals surface area contributed by atoms with E-state index in [2.05, 4.69) is 11.3 Å². The van der Waals surface area contributed by atoms with Gasteiger partial charge in [0.05, 0.1) is 12.2 Å². The highest BCUT2D eigenvalue weighted by Gasteiger charge is 1.76. The fourth-order valence-electron chi connectivity index (χ4n) is 0.127. The molecule has 0 aliphatic rings. The summed E-state index contributed by atoms with van der Waals surface area (Å²) in [6.45, 7) is 2.71. The first-order valence-electron chi connectivity index (χ1n) is 1.69. The molecule has 0 fully saturated rings. The molecule has 0 saturated heterocycles. The normalized spacial score (nSPS) is 7.43. The van der Waals surface area contributed by atoms with Crippen molar-refractivity contribution in [3.05, 3.63) is 12.8 Å². The van der Waals surface area contributed by atoms with Crippen molar-refractivity contribution < 1.29 is 14.6 Å². The Balaban J connectivity index is 2.97. The van der Waals surface area contributed by atoms with Gasteiger partial charge >= 0.3 is 0 Å². The molecular weight excluding hydrogens is 96.0 g/mol. The van der Waals surface area contributed by atoms with Crippen molar-refractivity contribution >= 4 is 5.97 Å². The zero-order valence-electron chi connectivity index (χ0n) is 3.72. The van der Waals surface area contributed by atoms with Gasteiger partial charge in [0.25, 0.3) is 0 Å². The Morgan fingerprint density at radius 2 is 2.57 bits per heavy atom. The molecule has 0 radical (unpaired) electrons. The third-order valence-corrected chi connectivity index (χ3v) is 0.319. The third-order valence-electron chi connectivity index (χ3n) is 0.319. The number of rotatable bonds is 3. The van der Waals surface area contributed by atoms with Crippen molar-refractivity contribution in [2.45, 2.75) is 0 Å². The number of carboxylic acid groups (broad SMARTS) is 1. The molecular formula is C4H5O3-. The molecule has 0 aliphatic heterocycles. The number of carboxylic acids is 1. The predicted octanol–water partition coefficient (Wildman–Crippen LogP) is -1.10. The van der Waals surface area contributed by atoms with Crippen molar-refractivity contribution in [1.29, 1.82) is 0 Å². The first kappa shape index (κ1) is 6.01.